The molecule has 3 nitrogen and oxygen atoms in total. The summed E-state index contributed by atoms with van der Waals surface area (Å²) in [5, 5.41) is 2.75. The third kappa shape index (κ3) is 3.90. The number of benzene rings is 1. The maximum Gasteiger partial charge on any atom is 0.233 e. The Hall–Kier alpha value is -1.68. The van der Waals surface area contributed by atoms with Crippen LogP contribution in [0.15, 0.2) is 45.9 Å². The third-order valence-corrected chi connectivity index (χ3v) is 4.30. The average Bonchev–Trinajstić information content (AvgIpc) is 2.92. The SMILES string of the molecule is Cc1ccc(S[C@@H](C)C(=O)NCc2ccco2)c(C)c1. The van der Waals surface area contributed by atoms with E-state index in [9.17, 15) is 4.79 Å². The Labute approximate surface area is 123 Å². The van der Waals surface area contributed by atoms with Crippen molar-refractivity contribution in [3.8, 4) is 0 Å². The van der Waals surface area contributed by atoms with Gasteiger partial charge >= 0.3 is 0 Å². The van der Waals surface area contributed by atoms with Gasteiger partial charge in [0.15, 0.2) is 0 Å². The van der Waals surface area contributed by atoms with Crippen LogP contribution in [0.5, 0.6) is 0 Å². The lowest BCUT2D eigenvalue weighted by molar-refractivity contribution is -0.120. The monoisotopic (exact) mass is 289 g/mol. The van der Waals surface area contributed by atoms with E-state index in [0.29, 0.717) is 6.54 Å². The van der Waals surface area contributed by atoms with E-state index in [1.807, 2.05) is 19.1 Å². The molecule has 0 aliphatic carbocycles. The Morgan fingerprint density at radius 2 is 2.15 bits per heavy atom. The molecule has 0 bridgehead atoms. The molecule has 1 aromatic carbocycles. The van der Waals surface area contributed by atoms with Crippen LogP contribution < -0.4 is 5.32 Å². The molecule has 0 spiro atoms. The molecule has 1 aromatic heterocycles. The van der Waals surface area contributed by atoms with Crippen LogP contribution in [-0.2, 0) is 11.3 Å². The van der Waals surface area contributed by atoms with Gasteiger partial charge in [0.25, 0.3) is 0 Å². The number of rotatable bonds is 5. The second-order valence-electron chi connectivity index (χ2n) is 4.83. The van der Waals surface area contributed by atoms with Crippen molar-refractivity contribution in [2.75, 3.05) is 0 Å². The maximum absolute atomic E-state index is 12.0. The summed E-state index contributed by atoms with van der Waals surface area (Å²) in [5.74, 6) is 0.786. The molecule has 20 heavy (non-hydrogen) atoms. The highest BCUT2D eigenvalue weighted by Gasteiger charge is 2.15. The molecular weight excluding hydrogens is 270 g/mol. The van der Waals surface area contributed by atoms with Crippen LogP contribution in [0.3, 0.4) is 0 Å². The molecule has 2 rings (SSSR count). The molecule has 0 radical (unpaired) electrons. The average molecular weight is 289 g/mol. The van der Waals surface area contributed by atoms with Crippen molar-refractivity contribution in [1.82, 2.24) is 5.32 Å². The molecule has 1 atom stereocenters. The van der Waals surface area contributed by atoms with E-state index in [-0.39, 0.29) is 11.2 Å². The Morgan fingerprint density at radius 3 is 2.80 bits per heavy atom. The maximum atomic E-state index is 12.0. The van der Waals surface area contributed by atoms with E-state index in [4.69, 9.17) is 4.42 Å². The van der Waals surface area contributed by atoms with E-state index in [1.165, 1.54) is 11.1 Å². The number of furan rings is 1. The number of carbonyl (C=O) groups is 1. The molecule has 1 amide bonds. The lowest BCUT2D eigenvalue weighted by atomic mass is 10.2. The highest BCUT2D eigenvalue weighted by molar-refractivity contribution is 8.00. The van der Waals surface area contributed by atoms with Gasteiger partial charge in [-0.25, -0.2) is 0 Å². The van der Waals surface area contributed by atoms with Crippen LogP contribution in [0.1, 0.15) is 23.8 Å². The fourth-order valence-electron chi connectivity index (χ4n) is 1.91. The number of aryl methyl sites for hydroxylation is 2. The first-order valence-electron chi connectivity index (χ1n) is 6.60. The van der Waals surface area contributed by atoms with Crippen molar-refractivity contribution >= 4 is 17.7 Å². The lowest BCUT2D eigenvalue weighted by Gasteiger charge is -2.13. The summed E-state index contributed by atoms with van der Waals surface area (Å²) < 4.78 is 5.19. The second-order valence-corrected chi connectivity index (χ2v) is 6.21. The molecule has 0 aliphatic heterocycles. The quantitative estimate of drug-likeness (QED) is 0.854. The molecular formula is C16H19NO2S. The van der Waals surface area contributed by atoms with Crippen LogP contribution in [0.25, 0.3) is 0 Å². The Morgan fingerprint density at radius 1 is 1.35 bits per heavy atom. The zero-order chi connectivity index (χ0) is 14.5. The molecule has 1 heterocycles. The number of carbonyl (C=O) groups excluding carboxylic acids is 1. The van der Waals surface area contributed by atoms with Crippen molar-refractivity contribution in [2.45, 2.75) is 37.5 Å². The molecule has 0 fully saturated rings. The van der Waals surface area contributed by atoms with E-state index in [1.54, 1.807) is 18.0 Å². The third-order valence-electron chi connectivity index (χ3n) is 3.02. The van der Waals surface area contributed by atoms with Crippen LogP contribution in [0.2, 0.25) is 0 Å². The predicted molar refractivity (Wildman–Crippen MR) is 81.8 cm³/mol. The molecule has 2 aromatic rings. The Kier molecular flexibility index (Phi) is 4.90. The van der Waals surface area contributed by atoms with Crippen molar-refractivity contribution in [3.05, 3.63) is 53.5 Å². The minimum absolute atomic E-state index is 0.0198. The number of nitrogens with one attached hydrogen (secondary N) is 1. The van der Waals surface area contributed by atoms with Gasteiger partial charge in [0.05, 0.1) is 18.1 Å². The topological polar surface area (TPSA) is 42.2 Å². The first-order valence-corrected chi connectivity index (χ1v) is 7.48. The largest absolute Gasteiger partial charge is 0.467 e. The number of hydrogen-bond acceptors (Lipinski definition) is 3. The summed E-state index contributed by atoms with van der Waals surface area (Å²) in [6.45, 7) is 6.49. The smallest absolute Gasteiger partial charge is 0.233 e. The summed E-state index contributed by atoms with van der Waals surface area (Å²) >= 11 is 1.58. The van der Waals surface area contributed by atoms with E-state index < -0.39 is 0 Å². The van der Waals surface area contributed by atoms with Gasteiger partial charge in [0.2, 0.25) is 5.91 Å². The Balaban J connectivity index is 1.90. The van der Waals surface area contributed by atoms with Gasteiger partial charge in [-0.15, -0.1) is 11.8 Å². The van der Waals surface area contributed by atoms with Gasteiger partial charge in [-0.05, 0) is 44.5 Å². The fourth-order valence-corrected chi connectivity index (χ4v) is 2.87. The van der Waals surface area contributed by atoms with Crippen LogP contribution in [0, 0.1) is 13.8 Å². The minimum atomic E-state index is -0.133. The number of hydrogen-bond donors (Lipinski definition) is 1. The van der Waals surface area contributed by atoms with Gasteiger partial charge < -0.3 is 9.73 Å². The molecule has 0 unspecified atom stereocenters. The molecule has 1 N–H and O–H groups in total. The van der Waals surface area contributed by atoms with E-state index in [2.05, 4.69) is 37.4 Å². The fraction of sp³-hybridized carbons (Fsp3) is 0.312. The summed E-state index contributed by atoms with van der Waals surface area (Å²) in [7, 11) is 0. The van der Waals surface area contributed by atoms with Gasteiger partial charge in [-0.1, -0.05) is 17.7 Å². The van der Waals surface area contributed by atoms with Gasteiger partial charge in [0.1, 0.15) is 5.76 Å². The molecule has 0 aliphatic rings. The van der Waals surface area contributed by atoms with Crippen LogP contribution in [-0.4, -0.2) is 11.2 Å². The predicted octanol–water partition coefficient (Wildman–Crippen LogP) is 3.69. The molecule has 0 saturated heterocycles. The highest BCUT2D eigenvalue weighted by atomic mass is 32.2. The second kappa shape index (κ2) is 6.66. The van der Waals surface area contributed by atoms with Crippen molar-refractivity contribution in [3.63, 3.8) is 0 Å². The summed E-state index contributed by atoms with van der Waals surface area (Å²) in [6, 6.07) is 9.95. The first kappa shape index (κ1) is 14.7. The summed E-state index contributed by atoms with van der Waals surface area (Å²) in [5.41, 5.74) is 2.45. The lowest BCUT2D eigenvalue weighted by Crippen LogP contribution is -2.30. The standard InChI is InChI=1S/C16H19NO2S/c1-11-6-7-15(12(2)9-11)20-13(3)16(18)17-10-14-5-4-8-19-14/h4-9,13H,10H2,1-3H3,(H,17,18)/t13-/m0/s1. The zero-order valence-corrected chi connectivity index (χ0v) is 12.8. The minimum Gasteiger partial charge on any atom is -0.467 e. The Bertz CT molecular complexity index is 578. The van der Waals surface area contributed by atoms with Gasteiger partial charge in [0, 0.05) is 4.90 Å². The molecule has 0 saturated carbocycles. The highest BCUT2D eigenvalue weighted by Crippen LogP contribution is 2.27. The van der Waals surface area contributed by atoms with Gasteiger partial charge in [-0.3, -0.25) is 4.79 Å². The van der Waals surface area contributed by atoms with Crippen molar-refractivity contribution < 1.29 is 9.21 Å². The normalized spacial score (nSPS) is 12.2. The molecule has 106 valence electrons. The summed E-state index contributed by atoms with van der Waals surface area (Å²) in [6.07, 6.45) is 1.61. The zero-order valence-electron chi connectivity index (χ0n) is 12.0. The van der Waals surface area contributed by atoms with E-state index in [0.717, 1.165) is 10.7 Å². The van der Waals surface area contributed by atoms with Gasteiger partial charge in [-0.2, -0.15) is 0 Å². The number of thioether (sulfide) groups is 1. The summed E-state index contributed by atoms with van der Waals surface area (Å²) in [4.78, 5) is 13.2. The number of amides is 1. The van der Waals surface area contributed by atoms with E-state index >= 15 is 0 Å². The van der Waals surface area contributed by atoms with Crippen LogP contribution in [0.4, 0.5) is 0 Å². The molecule has 4 heteroatoms. The van der Waals surface area contributed by atoms with Crippen LogP contribution >= 0.6 is 11.8 Å². The van der Waals surface area contributed by atoms with Crippen molar-refractivity contribution in [1.29, 1.82) is 0 Å². The van der Waals surface area contributed by atoms with Crippen molar-refractivity contribution in [2.24, 2.45) is 0 Å². The first-order chi connectivity index (χ1) is 9.56.